The molecule has 0 aromatic carbocycles. The fourth-order valence-electron chi connectivity index (χ4n) is 1.77. The number of rotatable bonds is 3. The molecular formula is C14H18N2OS2. The Morgan fingerprint density at radius 2 is 1.47 bits per heavy atom. The summed E-state index contributed by atoms with van der Waals surface area (Å²) in [5, 5.41) is 5.68. The Kier molecular flexibility index (Phi) is 3.87. The number of hydrogen-bond acceptors (Lipinski definition) is 5. The molecule has 2 aromatic heterocycles. The number of carbonyl (C=O) groups excluding carboxylic acids is 1. The molecule has 3 nitrogen and oxygen atoms in total. The van der Waals surface area contributed by atoms with Crippen molar-refractivity contribution in [1.29, 1.82) is 0 Å². The lowest BCUT2D eigenvalue weighted by Gasteiger charge is -2.21. The van der Waals surface area contributed by atoms with Crippen LogP contribution in [0.25, 0.3) is 0 Å². The van der Waals surface area contributed by atoms with Crippen LogP contribution in [0.1, 0.15) is 48.1 Å². The molecule has 0 fully saturated rings. The smallest absolute Gasteiger partial charge is 0.154 e. The molecule has 0 saturated heterocycles. The van der Waals surface area contributed by atoms with Crippen molar-refractivity contribution < 1.29 is 4.79 Å². The first-order valence-electron chi connectivity index (χ1n) is 6.17. The average molecular weight is 294 g/mol. The van der Waals surface area contributed by atoms with E-state index >= 15 is 0 Å². The summed E-state index contributed by atoms with van der Waals surface area (Å²) in [5.74, 6) is -0.145. The topological polar surface area (TPSA) is 42.9 Å². The van der Waals surface area contributed by atoms with Gasteiger partial charge in [0.2, 0.25) is 0 Å². The third-order valence-electron chi connectivity index (χ3n) is 2.77. The molecule has 5 heteroatoms. The maximum atomic E-state index is 12.7. The van der Waals surface area contributed by atoms with Gasteiger partial charge in [0.25, 0.3) is 0 Å². The van der Waals surface area contributed by atoms with E-state index in [1.807, 2.05) is 45.4 Å². The minimum Gasteiger partial charge on any atom is -0.298 e. The second-order valence-electron chi connectivity index (χ2n) is 5.70. The fraction of sp³-hybridized carbons (Fsp3) is 0.500. The van der Waals surface area contributed by atoms with E-state index in [9.17, 15) is 4.79 Å². The van der Waals surface area contributed by atoms with E-state index in [0.29, 0.717) is 0 Å². The molecule has 19 heavy (non-hydrogen) atoms. The van der Waals surface area contributed by atoms with Gasteiger partial charge >= 0.3 is 0 Å². The second-order valence-corrected chi connectivity index (χ2v) is 7.48. The molecule has 0 bridgehead atoms. The summed E-state index contributed by atoms with van der Waals surface area (Å²) in [5.41, 5.74) is 1.52. The Morgan fingerprint density at radius 1 is 1.05 bits per heavy atom. The maximum absolute atomic E-state index is 12.7. The van der Waals surface area contributed by atoms with Crippen LogP contribution in [0, 0.1) is 19.3 Å². The number of carbonyl (C=O) groups is 1. The van der Waals surface area contributed by atoms with Gasteiger partial charge in [0.15, 0.2) is 5.78 Å². The molecule has 0 aliphatic heterocycles. The predicted molar refractivity (Wildman–Crippen MR) is 80.0 cm³/mol. The first-order chi connectivity index (χ1) is 8.79. The Balaban J connectivity index is 2.48. The van der Waals surface area contributed by atoms with Crippen molar-refractivity contribution in [3.8, 4) is 0 Å². The largest absolute Gasteiger partial charge is 0.298 e. The molecule has 2 rings (SSSR count). The molecule has 0 saturated carbocycles. The SMILES string of the molecule is Cc1csc(C(C(=O)C(C)(C)C)c2nc(C)cs2)n1. The number of hydrogen-bond donors (Lipinski definition) is 0. The zero-order valence-electron chi connectivity index (χ0n) is 11.9. The van der Waals surface area contributed by atoms with Crippen LogP contribution in [-0.2, 0) is 4.79 Å². The third kappa shape index (κ3) is 3.09. The molecule has 0 radical (unpaired) electrons. The number of thiazole rings is 2. The van der Waals surface area contributed by atoms with Crippen molar-refractivity contribution in [3.63, 3.8) is 0 Å². The van der Waals surface area contributed by atoms with Gasteiger partial charge in [-0.3, -0.25) is 4.79 Å². The molecule has 2 heterocycles. The van der Waals surface area contributed by atoms with E-state index < -0.39 is 5.41 Å². The van der Waals surface area contributed by atoms with E-state index in [1.54, 1.807) is 22.7 Å². The Hall–Kier alpha value is -1.07. The van der Waals surface area contributed by atoms with Gasteiger partial charge in [-0.15, -0.1) is 22.7 Å². The highest BCUT2D eigenvalue weighted by molar-refractivity contribution is 7.11. The Bertz CT molecular complexity index is 552. The fourth-order valence-corrected chi connectivity index (χ4v) is 3.64. The number of aryl methyl sites for hydroxylation is 2. The summed E-state index contributed by atoms with van der Waals surface area (Å²) < 4.78 is 0. The van der Waals surface area contributed by atoms with E-state index in [0.717, 1.165) is 21.4 Å². The normalized spacial score (nSPS) is 12.1. The summed E-state index contributed by atoms with van der Waals surface area (Å²) in [6, 6.07) is 0. The van der Waals surface area contributed by atoms with Crippen LogP contribution < -0.4 is 0 Å². The minimum atomic E-state index is -0.399. The Labute approximate surface area is 121 Å². The van der Waals surface area contributed by atoms with Crippen molar-refractivity contribution in [3.05, 3.63) is 32.2 Å². The van der Waals surface area contributed by atoms with Gasteiger partial charge in [-0.1, -0.05) is 20.8 Å². The number of nitrogens with zero attached hydrogens (tertiary/aromatic N) is 2. The van der Waals surface area contributed by atoms with Crippen molar-refractivity contribution in [2.45, 2.75) is 40.5 Å². The van der Waals surface area contributed by atoms with E-state index in [4.69, 9.17) is 0 Å². The van der Waals surface area contributed by atoms with Crippen LogP contribution in [0.2, 0.25) is 0 Å². The molecule has 0 spiro atoms. The molecule has 0 amide bonds. The highest BCUT2D eigenvalue weighted by atomic mass is 32.1. The average Bonchev–Trinajstić information content (AvgIpc) is 2.88. The highest BCUT2D eigenvalue weighted by Gasteiger charge is 2.35. The maximum Gasteiger partial charge on any atom is 0.154 e. The van der Waals surface area contributed by atoms with Crippen molar-refractivity contribution in [1.82, 2.24) is 9.97 Å². The summed E-state index contributed by atoms with van der Waals surface area (Å²) in [6.45, 7) is 9.74. The molecule has 0 aliphatic carbocycles. The lowest BCUT2D eigenvalue weighted by Crippen LogP contribution is -2.27. The van der Waals surface area contributed by atoms with Gasteiger partial charge in [0.05, 0.1) is 0 Å². The summed E-state index contributed by atoms with van der Waals surface area (Å²) in [6.07, 6.45) is 0. The second kappa shape index (κ2) is 5.13. The lowest BCUT2D eigenvalue weighted by molar-refractivity contribution is -0.126. The first kappa shape index (κ1) is 14.3. The van der Waals surface area contributed by atoms with Crippen LogP contribution in [0.4, 0.5) is 0 Å². The van der Waals surface area contributed by atoms with E-state index in [2.05, 4.69) is 9.97 Å². The summed E-state index contributed by atoms with van der Waals surface area (Å²) in [7, 11) is 0. The summed E-state index contributed by atoms with van der Waals surface area (Å²) in [4.78, 5) is 21.7. The van der Waals surface area contributed by atoms with Crippen molar-refractivity contribution in [2.75, 3.05) is 0 Å². The molecule has 0 unspecified atom stereocenters. The molecule has 2 aromatic rings. The first-order valence-corrected chi connectivity index (χ1v) is 7.93. The van der Waals surface area contributed by atoms with Gasteiger partial charge in [-0.2, -0.15) is 0 Å². The Morgan fingerprint density at radius 3 is 1.74 bits per heavy atom. The number of Topliss-reactive ketones (excluding diaryl/α,β-unsaturated/α-hetero) is 1. The van der Waals surface area contributed by atoms with Crippen LogP contribution in [0.3, 0.4) is 0 Å². The van der Waals surface area contributed by atoms with Crippen LogP contribution in [0.5, 0.6) is 0 Å². The molecule has 102 valence electrons. The number of ketones is 1. The zero-order valence-corrected chi connectivity index (χ0v) is 13.5. The van der Waals surface area contributed by atoms with Gasteiger partial charge in [-0.25, -0.2) is 9.97 Å². The molecular weight excluding hydrogens is 276 g/mol. The standard InChI is InChI=1S/C14H18N2OS2/c1-8-6-18-12(15-8)10(11(17)14(3,4)5)13-16-9(2)7-19-13/h6-7,10H,1-5H3. The van der Waals surface area contributed by atoms with Gasteiger partial charge in [0, 0.05) is 27.6 Å². The van der Waals surface area contributed by atoms with Crippen LogP contribution in [0.15, 0.2) is 10.8 Å². The molecule has 0 aliphatic rings. The lowest BCUT2D eigenvalue weighted by atomic mass is 9.83. The zero-order chi connectivity index (χ0) is 14.2. The molecule has 0 atom stereocenters. The third-order valence-corrected chi connectivity index (χ3v) is 4.82. The van der Waals surface area contributed by atoms with Gasteiger partial charge in [-0.05, 0) is 13.8 Å². The van der Waals surface area contributed by atoms with E-state index in [-0.39, 0.29) is 11.7 Å². The number of aromatic nitrogens is 2. The van der Waals surface area contributed by atoms with Crippen molar-refractivity contribution in [2.24, 2.45) is 5.41 Å². The van der Waals surface area contributed by atoms with Crippen LogP contribution >= 0.6 is 22.7 Å². The van der Waals surface area contributed by atoms with Gasteiger partial charge in [0.1, 0.15) is 15.9 Å². The molecule has 0 N–H and O–H groups in total. The summed E-state index contributed by atoms with van der Waals surface area (Å²) >= 11 is 3.08. The van der Waals surface area contributed by atoms with Crippen molar-refractivity contribution >= 4 is 28.5 Å². The highest BCUT2D eigenvalue weighted by Crippen LogP contribution is 2.35. The van der Waals surface area contributed by atoms with E-state index in [1.165, 1.54) is 0 Å². The quantitative estimate of drug-likeness (QED) is 0.860. The monoisotopic (exact) mass is 294 g/mol. The van der Waals surface area contributed by atoms with Crippen LogP contribution in [-0.4, -0.2) is 15.8 Å². The van der Waals surface area contributed by atoms with Gasteiger partial charge < -0.3 is 0 Å². The predicted octanol–water partition coefficient (Wildman–Crippen LogP) is 3.96. The minimum absolute atomic E-state index is 0.177.